The molecule has 0 saturated carbocycles. The Balaban J connectivity index is 1.77. The number of hydrogen-bond donors (Lipinski definition) is 2. The van der Waals surface area contributed by atoms with Gasteiger partial charge in [-0.25, -0.2) is 0 Å². The van der Waals surface area contributed by atoms with Crippen LogP contribution in [0.4, 0.5) is 0 Å². The van der Waals surface area contributed by atoms with Crippen LogP contribution in [-0.4, -0.2) is 75.3 Å². The monoisotopic (exact) mass is 361 g/mol. The van der Waals surface area contributed by atoms with E-state index in [1.54, 1.807) is 14.2 Å². The summed E-state index contributed by atoms with van der Waals surface area (Å²) in [5.74, 6) is 0.789. The second-order valence-corrected chi connectivity index (χ2v) is 7.64. The molecule has 0 spiro atoms. The smallest absolute Gasteiger partial charge is 0.191 e. The summed E-state index contributed by atoms with van der Waals surface area (Å²) in [6, 6.07) is 8.87. The van der Waals surface area contributed by atoms with E-state index in [1.807, 2.05) is 13.8 Å². The first kappa shape index (κ1) is 20.7. The third-order valence-electron chi connectivity index (χ3n) is 4.94. The minimum Gasteiger partial charge on any atom is -0.377 e. The van der Waals surface area contributed by atoms with Gasteiger partial charge in [0.25, 0.3) is 0 Å². The van der Waals surface area contributed by atoms with E-state index in [1.165, 1.54) is 11.1 Å². The number of nitrogens with one attached hydrogen (secondary N) is 2. The number of rotatable bonds is 7. The van der Waals surface area contributed by atoms with Gasteiger partial charge in [0.1, 0.15) is 0 Å². The van der Waals surface area contributed by atoms with E-state index in [2.05, 4.69) is 56.7 Å². The molecule has 0 unspecified atom stereocenters. The molecule has 1 aromatic rings. The first-order chi connectivity index (χ1) is 12.4. The molecule has 1 aliphatic heterocycles. The van der Waals surface area contributed by atoms with Gasteiger partial charge in [-0.1, -0.05) is 24.3 Å². The average molecular weight is 362 g/mol. The van der Waals surface area contributed by atoms with E-state index in [0.717, 1.165) is 45.2 Å². The summed E-state index contributed by atoms with van der Waals surface area (Å²) in [4.78, 5) is 9.18. The Bertz CT molecular complexity index is 562. The highest BCUT2D eigenvalue weighted by Gasteiger charge is 2.16. The molecular weight excluding hydrogens is 326 g/mol. The lowest BCUT2D eigenvalue weighted by molar-refractivity contribution is 0.0268. The van der Waals surface area contributed by atoms with Crippen molar-refractivity contribution in [2.45, 2.75) is 32.5 Å². The maximum absolute atomic E-state index is 5.42. The van der Waals surface area contributed by atoms with Gasteiger partial charge < -0.3 is 20.3 Å². The highest BCUT2D eigenvalue weighted by molar-refractivity contribution is 5.79. The zero-order valence-corrected chi connectivity index (χ0v) is 17.0. The lowest BCUT2D eigenvalue weighted by Crippen LogP contribution is -2.45. The fourth-order valence-electron chi connectivity index (χ4n) is 2.80. The van der Waals surface area contributed by atoms with Crippen LogP contribution in [-0.2, 0) is 17.8 Å². The van der Waals surface area contributed by atoms with Crippen LogP contribution in [0.15, 0.2) is 29.3 Å². The number of benzene rings is 1. The van der Waals surface area contributed by atoms with Crippen molar-refractivity contribution < 1.29 is 4.74 Å². The zero-order chi connectivity index (χ0) is 19.0. The van der Waals surface area contributed by atoms with Crippen molar-refractivity contribution in [1.29, 1.82) is 0 Å². The Morgan fingerprint density at radius 2 is 1.69 bits per heavy atom. The second-order valence-electron chi connectivity index (χ2n) is 7.64. The average Bonchev–Trinajstić information content (AvgIpc) is 2.65. The molecule has 6 nitrogen and oxygen atoms in total. The molecule has 0 atom stereocenters. The molecule has 0 bridgehead atoms. The quantitative estimate of drug-likeness (QED) is 0.570. The number of guanidine groups is 1. The molecule has 0 aromatic heterocycles. The van der Waals surface area contributed by atoms with Gasteiger partial charge in [-0.05, 0) is 32.0 Å². The van der Waals surface area contributed by atoms with Crippen LogP contribution in [0.3, 0.4) is 0 Å². The van der Waals surface area contributed by atoms with Gasteiger partial charge in [0, 0.05) is 60.0 Å². The maximum Gasteiger partial charge on any atom is 0.191 e. The van der Waals surface area contributed by atoms with Crippen molar-refractivity contribution in [2.24, 2.45) is 4.99 Å². The molecule has 26 heavy (non-hydrogen) atoms. The topological polar surface area (TPSA) is 52.1 Å². The highest BCUT2D eigenvalue weighted by atomic mass is 16.5. The maximum atomic E-state index is 5.42. The van der Waals surface area contributed by atoms with Gasteiger partial charge in [-0.3, -0.25) is 9.89 Å². The fourth-order valence-corrected chi connectivity index (χ4v) is 2.80. The van der Waals surface area contributed by atoms with Crippen LogP contribution in [0.1, 0.15) is 25.0 Å². The Morgan fingerprint density at radius 3 is 2.27 bits per heavy atom. The third kappa shape index (κ3) is 6.94. The van der Waals surface area contributed by atoms with Crippen molar-refractivity contribution in [3.8, 4) is 0 Å². The van der Waals surface area contributed by atoms with Crippen LogP contribution < -0.4 is 10.6 Å². The molecule has 1 aromatic carbocycles. The van der Waals surface area contributed by atoms with Crippen molar-refractivity contribution in [1.82, 2.24) is 20.4 Å². The lowest BCUT2D eigenvalue weighted by Gasteiger charge is -2.32. The summed E-state index contributed by atoms with van der Waals surface area (Å²) in [7, 11) is 5.70. The zero-order valence-electron chi connectivity index (χ0n) is 17.0. The van der Waals surface area contributed by atoms with Gasteiger partial charge in [-0.15, -0.1) is 0 Å². The minimum absolute atomic E-state index is 0.220. The fraction of sp³-hybridized carbons (Fsp3) is 0.650. The summed E-state index contributed by atoms with van der Waals surface area (Å²) in [5, 5.41) is 6.66. The first-order valence-electron chi connectivity index (χ1n) is 9.40. The van der Waals surface area contributed by atoms with Crippen LogP contribution in [0.25, 0.3) is 0 Å². The molecule has 2 rings (SSSR count). The molecular formula is C20H35N5O. The van der Waals surface area contributed by atoms with Crippen LogP contribution >= 0.6 is 0 Å². The number of aliphatic imine (C=N–C) groups is 1. The van der Waals surface area contributed by atoms with Gasteiger partial charge in [-0.2, -0.15) is 0 Å². The number of ether oxygens (including phenoxy) is 1. The van der Waals surface area contributed by atoms with Crippen molar-refractivity contribution in [3.63, 3.8) is 0 Å². The molecule has 1 aliphatic rings. The predicted molar refractivity (Wildman–Crippen MR) is 109 cm³/mol. The predicted octanol–water partition coefficient (Wildman–Crippen LogP) is 1.52. The van der Waals surface area contributed by atoms with E-state index in [0.29, 0.717) is 6.54 Å². The van der Waals surface area contributed by atoms with Crippen LogP contribution in [0.2, 0.25) is 0 Å². The number of piperazine rings is 1. The molecule has 1 saturated heterocycles. The molecule has 6 heteroatoms. The SMILES string of the molecule is CN=C(NCc1ccc(CN2CCN(C)CC2)cc1)NCC(C)(C)OC. The van der Waals surface area contributed by atoms with E-state index in [-0.39, 0.29) is 5.60 Å². The summed E-state index contributed by atoms with van der Waals surface area (Å²) in [6.07, 6.45) is 0. The number of likely N-dealkylation sites (N-methyl/N-ethyl adjacent to an activating group) is 1. The largest absolute Gasteiger partial charge is 0.377 e. The highest BCUT2D eigenvalue weighted by Crippen LogP contribution is 2.10. The number of nitrogens with zero attached hydrogens (tertiary/aromatic N) is 3. The molecule has 1 fully saturated rings. The van der Waals surface area contributed by atoms with Crippen molar-refractivity contribution in [2.75, 3.05) is 53.9 Å². The summed E-state index contributed by atoms with van der Waals surface area (Å²) < 4.78 is 5.42. The van der Waals surface area contributed by atoms with E-state index >= 15 is 0 Å². The molecule has 2 N–H and O–H groups in total. The lowest BCUT2D eigenvalue weighted by atomic mass is 10.1. The van der Waals surface area contributed by atoms with Crippen molar-refractivity contribution in [3.05, 3.63) is 35.4 Å². The standard InChI is InChI=1S/C20H35N5O/c1-20(2,26-5)16-23-19(21-3)22-14-17-6-8-18(9-7-17)15-25-12-10-24(4)11-13-25/h6-9H,10-16H2,1-5H3,(H2,21,22,23). The van der Waals surface area contributed by atoms with Crippen LogP contribution in [0, 0.1) is 0 Å². The number of hydrogen-bond acceptors (Lipinski definition) is 4. The van der Waals surface area contributed by atoms with Gasteiger partial charge in [0.2, 0.25) is 0 Å². The third-order valence-corrected chi connectivity index (χ3v) is 4.94. The molecule has 0 radical (unpaired) electrons. The normalized spacial score (nSPS) is 17.3. The second kappa shape index (κ2) is 9.90. The van der Waals surface area contributed by atoms with E-state index in [9.17, 15) is 0 Å². The van der Waals surface area contributed by atoms with E-state index in [4.69, 9.17) is 4.74 Å². The Morgan fingerprint density at radius 1 is 1.08 bits per heavy atom. The van der Waals surface area contributed by atoms with Gasteiger partial charge in [0.15, 0.2) is 5.96 Å². The number of methoxy groups -OCH3 is 1. The Kier molecular flexibility index (Phi) is 7.87. The molecule has 1 heterocycles. The van der Waals surface area contributed by atoms with E-state index < -0.39 is 0 Å². The van der Waals surface area contributed by atoms with Crippen LogP contribution in [0.5, 0.6) is 0 Å². The minimum atomic E-state index is -0.220. The van der Waals surface area contributed by atoms with Gasteiger partial charge in [0.05, 0.1) is 5.60 Å². The Labute approximate surface area is 158 Å². The molecule has 146 valence electrons. The Hall–Kier alpha value is -1.63. The summed E-state index contributed by atoms with van der Waals surface area (Å²) in [6.45, 7) is 11.2. The summed E-state index contributed by atoms with van der Waals surface area (Å²) >= 11 is 0. The van der Waals surface area contributed by atoms with Gasteiger partial charge >= 0.3 is 0 Å². The van der Waals surface area contributed by atoms with Crippen molar-refractivity contribution >= 4 is 5.96 Å². The first-order valence-corrected chi connectivity index (χ1v) is 9.40. The summed E-state index contributed by atoms with van der Waals surface area (Å²) in [5.41, 5.74) is 2.41. The molecule has 0 amide bonds. The molecule has 0 aliphatic carbocycles.